The number of ether oxygens (including phenoxy) is 2. The highest BCUT2D eigenvalue weighted by Gasteiger charge is 2.33. The minimum atomic E-state index is -0.0897. The summed E-state index contributed by atoms with van der Waals surface area (Å²) in [6.07, 6.45) is 7.16. The Hall–Kier alpha value is -0.930. The van der Waals surface area contributed by atoms with Gasteiger partial charge in [-0.3, -0.25) is 4.79 Å². The fourth-order valence-corrected chi connectivity index (χ4v) is 2.13. The van der Waals surface area contributed by atoms with Crippen molar-refractivity contribution in [1.82, 2.24) is 0 Å². The zero-order chi connectivity index (χ0) is 12.0. The molecule has 0 aromatic rings. The van der Waals surface area contributed by atoms with Crippen LogP contribution in [0.15, 0.2) is 24.8 Å². The van der Waals surface area contributed by atoms with Crippen LogP contribution in [0.1, 0.15) is 19.8 Å². The zero-order valence-electron chi connectivity index (χ0n) is 10.1. The molecule has 0 fully saturated rings. The normalized spacial score (nSPS) is 29.4. The molecule has 0 saturated heterocycles. The van der Waals surface area contributed by atoms with E-state index in [0.29, 0.717) is 6.61 Å². The molecule has 0 saturated carbocycles. The third-order valence-electron chi connectivity index (χ3n) is 2.94. The maximum Gasteiger partial charge on any atom is 0.158 e. The van der Waals surface area contributed by atoms with Crippen molar-refractivity contribution in [2.24, 2.45) is 11.3 Å². The van der Waals surface area contributed by atoms with Crippen LogP contribution in [0.25, 0.3) is 0 Å². The highest BCUT2D eigenvalue weighted by molar-refractivity contribution is 5.92. The summed E-state index contributed by atoms with van der Waals surface area (Å²) in [5.41, 5.74) is -0.0897. The molecule has 3 nitrogen and oxygen atoms in total. The van der Waals surface area contributed by atoms with Crippen molar-refractivity contribution in [2.45, 2.75) is 19.8 Å². The first kappa shape index (κ1) is 13.1. The molecule has 0 N–H and O–H groups in total. The SMILES string of the molecule is C=CCC1(COCOC)C=CC(=O)C(C)C1. The van der Waals surface area contributed by atoms with Gasteiger partial charge in [0.2, 0.25) is 0 Å². The van der Waals surface area contributed by atoms with E-state index < -0.39 is 0 Å². The quantitative estimate of drug-likeness (QED) is 0.394. The van der Waals surface area contributed by atoms with Gasteiger partial charge in [0.1, 0.15) is 6.79 Å². The Morgan fingerprint density at radius 3 is 3.00 bits per heavy atom. The van der Waals surface area contributed by atoms with Gasteiger partial charge in [0, 0.05) is 18.4 Å². The Balaban J connectivity index is 2.68. The predicted octanol–water partition coefficient (Wildman–Crippen LogP) is 2.33. The minimum absolute atomic E-state index is 0.0658. The average Bonchev–Trinajstić information content (AvgIpc) is 2.25. The molecule has 1 aliphatic carbocycles. The summed E-state index contributed by atoms with van der Waals surface area (Å²) in [6, 6.07) is 0. The minimum Gasteiger partial charge on any atom is -0.359 e. The second-order valence-electron chi connectivity index (χ2n) is 4.45. The molecule has 0 bridgehead atoms. The van der Waals surface area contributed by atoms with Crippen LogP contribution in [0.3, 0.4) is 0 Å². The lowest BCUT2D eigenvalue weighted by Gasteiger charge is -2.34. The highest BCUT2D eigenvalue weighted by atomic mass is 16.7. The molecule has 0 aromatic carbocycles. The Morgan fingerprint density at radius 1 is 1.69 bits per heavy atom. The smallest absolute Gasteiger partial charge is 0.158 e. The first-order valence-corrected chi connectivity index (χ1v) is 5.54. The first-order valence-electron chi connectivity index (χ1n) is 5.54. The number of hydrogen-bond acceptors (Lipinski definition) is 3. The fraction of sp³-hybridized carbons (Fsp3) is 0.615. The van der Waals surface area contributed by atoms with Gasteiger partial charge >= 0.3 is 0 Å². The summed E-state index contributed by atoms with van der Waals surface area (Å²) < 4.78 is 10.3. The fourth-order valence-electron chi connectivity index (χ4n) is 2.13. The average molecular weight is 224 g/mol. The number of ketones is 1. The van der Waals surface area contributed by atoms with Crippen LogP contribution >= 0.6 is 0 Å². The molecule has 3 heteroatoms. The molecule has 0 radical (unpaired) electrons. The second kappa shape index (κ2) is 5.97. The lowest BCUT2D eigenvalue weighted by Crippen LogP contribution is -2.32. The lowest BCUT2D eigenvalue weighted by molar-refractivity contribution is -0.120. The number of allylic oxidation sites excluding steroid dienone is 2. The molecule has 1 aliphatic rings. The van der Waals surface area contributed by atoms with Crippen molar-refractivity contribution in [3.05, 3.63) is 24.8 Å². The zero-order valence-corrected chi connectivity index (χ0v) is 10.1. The van der Waals surface area contributed by atoms with Crippen LogP contribution < -0.4 is 0 Å². The summed E-state index contributed by atoms with van der Waals surface area (Å²) >= 11 is 0. The maximum atomic E-state index is 11.4. The van der Waals surface area contributed by atoms with Gasteiger partial charge in [0.25, 0.3) is 0 Å². The van der Waals surface area contributed by atoms with E-state index in [9.17, 15) is 4.79 Å². The van der Waals surface area contributed by atoms with Crippen molar-refractivity contribution >= 4 is 5.78 Å². The molecule has 16 heavy (non-hydrogen) atoms. The third kappa shape index (κ3) is 3.29. The van der Waals surface area contributed by atoms with E-state index in [1.165, 1.54) is 0 Å². The van der Waals surface area contributed by atoms with Crippen LogP contribution in [0.2, 0.25) is 0 Å². The molecule has 90 valence electrons. The van der Waals surface area contributed by atoms with E-state index in [-0.39, 0.29) is 23.9 Å². The highest BCUT2D eigenvalue weighted by Crippen LogP contribution is 2.36. The molecule has 0 spiro atoms. The van der Waals surface area contributed by atoms with Crippen LogP contribution in [-0.2, 0) is 14.3 Å². The molecule has 0 aromatic heterocycles. The maximum absolute atomic E-state index is 11.4. The van der Waals surface area contributed by atoms with Crippen LogP contribution in [0, 0.1) is 11.3 Å². The van der Waals surface area contributed by atoms with Crippen molar-refractivity contribution in [3.8, 4) is 0 Å². The standard InChI is InChI=1S/C13H20O3/c1-4-6-13(9-16-10-15-3)7-5-12(14)11(2)8-13/h4-5,7,11H,1,6,8-10H2,2-3H3. The predicted molar refractivity (Wildman–Crippen MR) is 63.0 cm³/mol. The number of rotatable bonds is 6. The molecular weight excluding hydrogens is 204 g/mol. The van der Waals surface area contributed by atoms with Gasteiger partial charge in [0.15, 0.2) is 5.78 Å². The third-order valence-corrected chi connectivity index (χ3v) is 2.94. The molecule has 1 rings (SSSR count). The summed E-state index contributed by atoms with van der Waals surface area (Å²) in [7, 11) is 1.60. The lowest BCUT2D eigenvalue weighted by atomic mass is 9.72. The molecule has 2 unspecified atom stereocenters. The molecule has 0 aliphatic heterocycles. The summed E-state index contributed by atoms with van der Waals surface area (Å²) in [5.74, 6) is 0.266. The molecular formula is C13H20O3. The monoisotopic (exact) mass is 224 g/mol. The molecule has 0 heterocycles. The summed E-state index contributed by atoms with van der Waals surface area (Å²) in [5, 5.41) is 0. The molecule has 0 amide bonds. The van der Waals surface area contributed by atoms with E-state index in [1.54, 1.807) is 13.2 Å². The van der Waals surface area contributed by atoms with Gasteiger partial charge in [0.05, 0.1) is 6.61 Å². The van der Waals surface area contributed by atoms with Gasteiger partial charge in [-0.1, -0.05) is 19.1 Å². The van der Waals surface area contributed by atoms with Crippen LogP contribution in [0.4, 0.5) is 0 Å². The van der Waals surface area contributed by atoms with Crippen molar-refractivity contribution in [3.63, 3.8) is 0 Å². The Bertz CT molecular complexity index is 283. The summed E-state index contributed by atoms with van der Waals surface area (Å²) in [6.45, 7) is 6.58. The Kier molecular flexibility index (Phi) is 4.90. The number of carbonyl (C=O) groups is 1. The van der Waals surface area contributed by atoms with Crippen molar-refractivity contribution in [2.75, 3.05) is 20.5 Å². The summed E-state index contributed by atoms with van der Waals surface area (Å²) in [4.78, 5) is 11.4. The van der Waals surface area contributed by atoms with Crippen LogP contribution in [0.5, 0.6) is 0 Å². The van der Waals surface area contributed by atoms with E-state index in [0.717, 1.165) is 12.8 Å². The van der Waals surface area contributed by atoms with Gasteiger partial charge < -0.3 is 9.47 Å². The number of carbonyl (C=O) groups excluding carboxylic acids is 1. The van der Waals surface area contributed by atoms with Gasteiger partial charge in [-0.25, -0.2) is 0 Å². The van der Waals surface area contributed by atoms with E-state index >= 15 is 0 Å². The first-order chi connectivity index (χ1) is 7.63. The van der Waals surface area contributed by atoms with E-state index in [1.807, 2.05) is 19.1 Å². The van der Waals surface area contributed by atoms with E-state index in [4.69, 9.17) is 9.47 Å². The van der Waals surface area contributed by atoms with Crippen molar-refractivity contribution in [1.29, 1.82) is 0 Å². The number of hydrogen-bond donors (Lipinski definition) is 0. The second-order valence-corrected chi connectivity index (χ2v) is 4.45. The Morgan fingerprint density at radius 2 is 2.44 bits per heavy atom. The topological polar surface area (TPSA) is 35.5 Å². The van der Waals surface area contributed by atoms with Crippen molar-refractivity contribution < 1.29 is 14.3 Å². The van der Waals surface area contributed by atoms with E-state index in [2.05, 4.69) is 6.58 Å². The van der Waals surface area contributed by atoms with Gasteiger partial charge in [-0.05, 0) is 18.9 Å². The largest absolute Gasteiger partial charge is 0.359 e. The van der Waals surface area contributed by atoms with Gasteiger partial charge in [-0.2, -0.15) is 0 Å². The molecule has 2 atom stereocenters. The number of methoxy groups -OCH3 is 1. The van der Waals surface area contributed by atoms with Gasteiger partial charge in [-0.15, -0.1) is 6.58 Å². The van der Waals surface area contributed by atoms with Crippen LogP contribution in [-0.4, -0.2) is 26.3 Å². The Labute approximate surface area is 97.1 Å².